The fourth-order valence-electron chi connectivity index (χ4n) is 2.52. The normalized spacial score (nSPS) is 22.4. The van der Waals surface area contributed by atoms with Crippen LogP contribution in [-0.4, -0.2) is 30.5 Å². The number of rotatable bonds is 2. The van der Waals surface area contributed by atoms with Crippen molar-refractivity contribution in [3.8, 4) is 0 Å². The second-order valence-corrected chi connectivity index (χ2v) is 7.17. The standard InChI is InChI=1S/C13H16N2O2S/c1-15-6-4-10-8-11(2-3-13(10)15)14-12-5-7-18(16,17)9-12/h2-4,6,8,12,14H,5,7,9H2,1H3. The second kappa shape index (κ2) is 4.02. The molecular formula is C13H16N2O2S. The fourth-order valence-corrected chi connectivity index (χ4v) is 4.19. The number of nitrogens with zero attached hydrogens (tertiary/aromatic N) is 1. The number of hydrogen-bond donors (Lipinski definition) is 1. The molecule has 0 spiro atoms. The van der Waals surface area contributed by atoms with Gasteiger partial charge < -0.3 is 9.88 Å². The quantitative estimate of drug-likeness (QED) is 0.899. The minimum Gasteiger partial charge on any atom is -0.381 e. The van der Waals surface area contributed by atoms with Crippen LogP contribution in [0.5, 0.6) is 0 Å². The van der Waals surface area contributed by atoms with E-state index in [9.17, 15) is 8.42 Å². The lowest BCUT2D eigenvalue weighted by Crippen LogP contribution is -2.20. The molecule has 1 fully saturated rings. The van der Waals surface area contributed by atoms with Crippen molar-refractivity contribution in [2.24, 2.45) is 7.05 Å². The number of aromatic nitrogens is 1. The van der Waals surface area contributed by atoms with Crippen LogP contribution >= 0.6 is 0 Å². The third-order valence-corrected chi connectivity index (χ3v) is 5.26. The van der Waals surface area contributed by atoms with Gasteiger partial charge in [0, 0.05) is 35.9 Å². The minimum atomic E-state index is -2.82. The molecule has 1 aliphatic rings. The van der Waals surface area contributed by atoms with Gasteiger partial charge >= 0.3 is 0 Å². The highest BCUT2D eigenvalue weighted by atomic mass is 32.2. The van der Waals surface area contributed by atoms with Gasteiger partial charge in [-0.05, 0) is 30.7 Å². The van der Waals surface area contributed by atoms with Crippen LogP contribution in [0.15, 0.2) is 30.5 Å². The van der Waals surface area contributed by atoms with Crippen molar-refractivity contribution in [1.82, 2.24) is 4.57 Å². The van der Waals surface area contributed by atoms with Gasteiger partial charge in [-0.3, -0.25) is 0 Å². The van der Waals surface area contributed by atoms with E-state index >= 15 is 0 Å². The van der Waals surface area contributed by atoms with E-state index in [2.05, 4.69) is 28.1 Å². The van der Waals surface area contributed by atoms with E-state index in [1.807, 2.05) is 19.3 Å². The van der Waals surface area contributed by atoms with Gasteiger partial charge in [-0.25, -0.2) is 8.42 Å². The maximum atomic E-state index is 11.4. The van der Waals surface area contributed by atoms with Gasteiger partial charge in [0.05, 0.1) is 11.5 Å². The Labute approximate surface area is 107 Å². The van der Waals surface area contributed by atoms with Crippen LogP contribution in [0, 0.1) is 0 Å². The summed E-state index contributed by atoms with van der Waals surface area (Å²) in [6.07, 6.45) is 2.73. The number of benzene rings is 1. The van der Waals surface area contributed by atoms with Gasteiger partial charge in [0.1, 0.15) is 0 Å². The van der Waals surface area contributed by atoms with Crippen molar-refractivity contribution in [2.45, 2.75) is 12.5 Å². The number of aryl methyl sites for hydroxylation is 1. The summed E-state index contributed by atoms with van der Waals surface area (Å²) < 4.78 is 24.9. The fraction of sp³-hybridized carbons (Fsp3) is 0.385. The molecule has 1 N–H and O–H groups in total. The topological polar surface area (TPSA) is 51.1 Å². The lowest BCUT2D eigenvalue weighted by molar-refractivity contribution is 0.602. The van der Waals surface area contributed by atoms with Gasteiger partial charge in [0.2, 0.25) is 0 Å². The summed E-state index contributed by atoms with van der Waals surface area (Å²) in [5.41, 5.74) is 2.18. The van der Waals surface area contributed by atoms with Crippen molar-refractivity contribution in [3.05, 3.63) is 30.5 Å². The van der Waals surface area contributed by atoms with Crippen molar-refractivity contribution < 1.29 is 8.42 Å². The summed E-state index contributed by atoms with van der Waals surface area (Å²) in [4.78, 5) is 0. The zero-order chi connectivity index (χ0) is 12.8. The highest BCUT2D eigenvalue weighted by Crippen LogP contribution is 2.22. The van der Waals surface area contributed by atoms with Crippen LogP contribution in [-0.2, 0) is 16.9 Å². The summed E-state index contributed by atoms with van der Waals surface area (Å²) >= 11 is 0. The third-order valence-electron chi connectivity index (χ3n) is 3.49. The molecule has 0 aliphatic carbocycles. The highest BCUT2D eigenvalue weighted by molar-refractivity contribution is 7.91. The van der Waals surface area contributed by atoms with Crippen LogP contribution in [0.3, 0.4) is 0 Å². The molecule has 0 amide bonds. The van der Waals surface area contributed by atoms with E-state index in [4.69, 9.17) is 0 Å². The molecule has 3 rings (SSSR count). The Morgan fingerprint density at radius 2 is 2.17 bits per heavy atom. The van der Waals surface area contributed by atoms with E-state index in [1.54, 1.807) is 0 Å². The van der Waals surface area contributed by atoms with Crippen LogP contribution in [0.1, 0.15) is 6.42 Å². The molecule has 5 heteroatoms. The highest BCUT2D eigenvalue weighted by Gasteiger charge is 2.27. The Balaban J connectivity index is 1.83. The monoisotopic (exact) mass is 264 g/mol. The number of hydrogen-bond acceptors (Lipinski definition) is 3. The zero-order valence-corrected chi connectivity index (χ0v) is 11.1. The molecule has 2 aromatic rings. The maximum absolute atomic E-state index is 11.4. The van der Waals surface area contributed by atoms with Crippen molar-refractivity contribution in [2.75, 3.05) is 16.8 Å². The first-order valence-corrected chi connectivity index (χ1v) is 7.88. The Hall–Kier alpha value is -1.49. The molecule has 1 aromatic carbocycles. The largest absolute Gasteiger partial charge is 0.381 e. The Morgan fingerprint density at radius 3 is 2.89 bits per heavy atom. The summed E-state index contributed by atoms with van der Waals surface area (Å²) in [6.45, 7) is 0. The summed E-state index contributed by atoms with van der Waals surface area (Å²) in [5, 5.41) is 4.48. The van der Waals surface area contributed by atoms with E-state index in [-0.39, 0.29) is 11.8 Å². The molecule has 0 saturated carbocycles. The lowest BCUT2D eigenvalue weighted by atomic mass is 10.2. The number of fused-ring (bicyclic) bond motifs is 1. The average Bonchev–Trinajstić information content (AvgIpc) is 2.83. The molecule has 0 bridgehead atoms. The summed E-state index contributed by atoms with van der Waals surface area (Å²) in [5.74, 6) is 0.554. The molecule has 1 unspecified atom stereocenters. The summed E-state index contributed by atoms with van der Waals surface area (Å²) in [7, 11) is -0.808. The third kappa shape index (κ3) is 2.10. The Bertz CT molecular complexity index is 688. The van der Waals surface area contributed by atoms with Gasteiger partial charge in [-0.15, -0.1) is 0 Å². The van der Waals surface area contributed by atoms with Crippen LogP contribution in [0.25, 0.3) is 10.9 Å². The number of sulfone groups is 1. The number of anilines is 1. The first-order chi connectivity index (χ1) is 8.53. The van der Waals surface area contributed by atoms with Gasteiger partial charge in [0.15, 0.2) is 9.84 Å². The molecule has 1 saturated heterocycles. The SMILES string of the molecule is Cn1ccc2cc(NC3CCS(=O)(=O)C3)ccc21. The first-order valence-electron chi connectivity index (χ1n) is 6.05. The predicted molar refractivity (Wildman–Crippen MR) is 73.6 cm³/mol. The predicted octanol–water partition coefficient (Wildman–Crippen LogP) is 1.78. The molecule has 0 radical (unpaired) electrons. The minimum absolute atomic E-state index is 0.0520. The first kappa shape index (κ1) is 11.6. The van der Waals surface area contributed by atoms with E-state index in [0.717, 1.165) is 5.69 Å². The maximum Gasteiger partial charge on any atom is 0.152 e. The van der Waals surface area contributed by atoms with Crippen LogP contribution in [0.4, 0.5) is 5.69 Å². The van der Waals surface area contributed by atoms with E-state index < -0.39 is 9.84 Å². The van der Waals surface area contributed by atoms with Crippen molar-refractivity contribution in [3.63, 3.8) is 0 Å². The molecular weight excluding hydrogens is 248 g/mol. The molecule has 1 atom stereocenters. The zero-order valence-electron chi connectivity index (χ0n) is 10.3. The average molecular weight is 264 g/mol. The van der Waals surface area contributed by atoms with Gasteiger partial charge in [-0.1, -0.05) is 0 Å². The summed E-state index contributed by atoms with van der Waals surface area (Å²) in [6, 6.07) is 8.25. The van der Waals surface area contributed by atoms with Crippen LogP contribution in [0.2, 0.25) is 0 Å². The molecule has 18 heavy (non-hydrogen) atoms. The lowest BCUT2D eigenvalue weighted by Gasteiger charge is -2.12. The molecule has 4 nitrogen and oxygen atoms in total. The number of nitrogens with one attached hydrogen (secondary N) is 1. The Kier molecular flexibility index (Phi) is 2.59. The van der Waals surface area contributed by atoms with E-state index in [1.165, 1.54) is 10.9 Å². The van der Waals surface area contributed by atoms with E-state index in [0.29, 0.717) is 12.2 Å². The van der Waals surface area contributed by atoms with Gasteiger partial charge in [0.25, 0.3) is 0 Å². The van der Waals surface area contributed by atoms with Crippen molar-refractivity contribution in [1.29, 1.82) is 0 Å². The molecule has 2 heterocycles. The van der Waals surface area contributed by atoms with Crippen LogP contribution < -0.4 is 5.32 Å². The smallest absolute Gasteiger partial charge is 0.152 e. The van der Waals surface area contributed by atoms with Gasteiger partial charge in [-0.2, -0.15) is 0 Å². The molecule has 1 aromatic heterocycles. The van der Waals surface area contributed by atoms with Crippen molar-refractivity contribution >= 4 is 26.4 Å². The molecule has 96 valence electrons. The molecule has 1 aliphatic heterocycles. The second-order valence-electron chi connectivity index (χ2n) is 4.94. The Morgan fingerprint density at radius 1 is 1.33 bits per heavy atom.